The van der Waals surface area contributed by atoms with Gasteiger partial charge in [0.15, 0.2) is 10.8 Å². The monoisotopic (exact) mass is 619 g/mol. The number of hydrogen-bond acceptors (Lipinski definition) is 9. The standard InChI is InChI=1S/C30H36F3N5O4S/c1-5-42-26(39)22-21(35-24(25-34-10-12-43-25)36-23(22)19-7-6-8-20(31)18(19)2)13-38-16-29(30(32,33)17-38)9-11-37(15-29)14-28(3,4)27(40)41/h6-8,10,12,23H,5,9,11,13-17H2,1-4H3,(H,35,36)(H,40,41). The number of thiazole rings is 1. The van der Waals surface area contributed by atoms with Gasteiger partial charge in [-0.1, -0.05) is 12.1 Å². The number of nitrogens with zero attached hydrogens (tertiary/aromatic N) is 4. The van der Waals surface area contributed by atoms with Crippen molar-refractivity contribution in [3.8, 4) is 0 Å². The number of halogens is 3. The van der Waals surface area contributed by atoms with Crippen molar-refractivity contribution in [1.29, 1.82) is 0 Å². The van der Waals surface area contributed by atoms with Crippen LogP contribution in [0.15, 0.2) is 46.0 Å². The lowest BCUT2D eigenvalue weighted by Gasteiger charge is -2.32. The van der Waals surface area contributed by atoms with Gasteiger partial charge in [-0.05, 0) is 57.9 Å². The lowest BCUT2D eigenvalue weighted by Crippen LogP contribution is -2.44. The molecular formula is C30H36F3N5O4S. The van der Waals surface area contributed by atoms with Crippen LogP contribution in [0.1, 0.15) is 49.4 Å². The van der Waals surface area contributed by atoms with Crippen LogP contribution < -0.4 is 5.32 Å². The molecule has 2 saturated heterocycles. The summed E-state index contributed by atoms with van der Waals surface area (Å²) in [5.41, 5.74) is -1.16. The highest BCUT2D eigenvalue weighted by molar-refractivity contribution is 7.11. The Morgan fingerprint density at radius 2 is 1.98 bits per heavy atom. The average molecular weight is 620 g/mol. The summed E-state index contributed by atoms with van der Waals surface area (Å²) in [6.07, 6.45) is 1.83. The predicted molar refractivity (Wildman–Crippen MR) is 156 cm³/mol. The van der Waals surface area contributed by atoms with Crippen molar-refractivity contribution in [2.75, 3.05) is 45.9 Å². The molecule has 0 saturated carbocycles. The summed E-state index contributed by atoms with van der Waals surface area (Å²) in [7, 11) is 0. The number of amidine groups is 1. The van der Waals surface area contributed by atoms with Crippen LogP contribution in [-0.4, -0.2) is 89.5 Å². The number of carbonyl (C=O) groups is 2. The summed E-state index contributed by atoms with van der Waals surface area (Å²) < 4.78 is 51.7. The molecule has 0 radical (unpaired) electrons. The molecule has 43 heavy (non-hydrogen) atoms. The molecule has 1 aromatic carbocycles. The van der Waals surface area contributed by atoms with E-state index >= 15 is 8.78 Å². The van der Waals surface area contributed by atoms with Gasteiger partial charge in [0.1, 0.15) is 11.9 Å². The molecule has 2 N–H and O–H groups in total. The zero-order valence-electron chi connectivity index (χ0n) is 24.6. The lowest BCUT2D eigenvalue weighted by molar-refractivity contribution is -0.148. The zero-order valence-corrected chi connectivity index (χ0v) is 25.4. The van der Waals surface area contributed by atoms with Crippen LogP contribution in [0.4, 0.5) is 13.2 Å². The second-order valence-corrected chi connectivity index (χ2v) is 13.1. The third-order valence-electron chi connectivity index (χ3n) is 8.60. The Morgan fingerprint density at radius 1 is 1.23 bits per heavy atom. The number of carbonyl (C=O) groups excluding carboxylic acids is 1. The van der Waals surface area contributed by atoms with Crippen LogP contribution in [0, 0.1) is 23.6 Å². The SMILES string of the molecule is CCOC(=O)C1=C(CN2CC(F)(F)C3(CCN(CC(C)(C)C(=O)O)C3)C2)NC(c2nccs2)=NC1c1cccc(F)c1C. The number of nitrogens with one attached hydrogen (secondary N) is 1. The Kier molecular flexibility index (Phi) is 8.45. The minimum Gasteiger partial charge on any atom is -0.481 e. The Hall–Kier alpha value is -3.29. The van der Waals surface area contributed by atoms with E-state index in [2.05, 4.69) is 10.3 Å². The maximum absolute atomic E-state index is 15.8. The van der Waals surface area contributed by atoms with Crippen molar-refractivity contribution in [2.24, 2.45) is 15.8 Å². The minimum absolute atomic E-state index is 0.0264. The number of hydrogen-bond donors (Lipinski definition) is 2. The van der Waals surface area contributed by atoms with Gasteiger partial charge < -0.3 is 20.1 Å². The van der Waals surface area contributed by atoms with Crippen LogP contribution in [0.3, 0.4) is 0 Å². The van der Waals surface area contributed by atoms with Gasteiger partial charge in [0.25, 0.3) is 5.92 Å². The Balaban J connectivity index is 1.49. The second-order valence-electron chi connectivity index (χ2n) is 12.2. The number of likely N-dealkylation sites (tertiary alicyclic amines) is 2. The summed E-state index contributed by atoms with van der Waals surface area (Å²) in [6.45, 7) is 6.66. The Labute approximate surface area is 252 Å². The van der Waals surface area contributed by atoms with Gasteiger partial charge in [-0.15, -0.1) is 11.3 Å². The first-order valence-electron chi connectivity index (χ1n) is 14.2. The number of alkyl halides is 2. The van der Waals surface area contributed by atoms with Gasteiger partial charge in [0, 0.05) is 43.5 Å². The van der Waals surface area contributed by atoms with Crippen LogP contribution in [0.2, 0.25) is 0 Å². The molecule has 2 fully saturated rings. The first kappa shape index (κ1) is 31.1. The van der Waals surface area contributed by atoms with E-state index in [1.54, 1.807) is 56.3 Å². The molecule has 0 amide bonds. The average Bonchev–Trinajstić information content (AvgIpc) is 3.65. The summed E-state index contributed by atoms with van der Waals surface area (Å²) >= 11 is 1.32. The van der Waals surface area contributed by atoms with Crippen molar-refractivity contribution in [3.63, 3.8) is 0 Å². The molecule has 9 nitrogen and oxygen atoms in total. The fraction of sp³-hybridized carbons (Fsp3) is 0.533. The smallest absolute Gasteiger partial charge is 0.338 e. The number of ether oxygens (including phenoxy) is 1. The number of rotatable bonds is 9. The van der Waals surface area contributed by atoms with Gasteiger partial charge in [0.2, 0.25) is 0 Å². The van der Waals surface area contributed by atoms with E-state index in [-0.39, 0.29) is 44.8 Å². The summed E-state index contributed by atoms with van der Waals surface area (Å²) in [5.74, 6) is -4.78. The predicted octanol–water partition coefficient (Wildman–Crippen LogP) is 4.25. The first-order chi connectivity index (χ1) is 20.3. The molecule has 232 valence electrons. The molecule has 2 aromatic rings. The molecular weight excluding hydrogens is 583 g/mol. The molecule has 1 aromatic heterocycles. The van der Waals surface area contributed by atoms with Crippen LogP contribution in [-0.2, 0) is 14.3 Å². The highest BCUT2D eigenvalue weighted by Gasteiger charge is 2.62. The first-order valence-corrected chi connectivity index (χ1v) is 15.1. The third-order valence-corrected chi connectivity index (χ3v) is 9.38. The van der Waals surface area contributed by atoms with Crippen molar-refractivity contribution in [2.45, 2.75) is 46.1 Å². The maximum Gasteiger partial charge on any atom is 0.338 e. The number of carboxylic acids is 1. The van der Waals surface area contributed by atoms with Crippen LogP contribution in [0.5, 0.6) is 0 Å². The van der Waals surface area contributed by atoms with E-state index in [9.17, 15) is 19.1 Å². The molecule has 2 atom stereocenters. The number of benzene rings is 1. The zero-order chi connectivity index (χ0) is 31.2. The van der Waals surface area contributed by atoms with E-state index < -0.39 is 47.1 Å². The lowest BCUT2D eigenvalue weighted by atomic mass is 9.83. The van der Waals surface area contributed by atoms with E-state index in [4.69, 9.17) is 9.73 Å². The molecule has 13 heteroatoms. The van der Waals surface area contributed by atoms with Crippen LogP contribution in [0.25, 0.3) is 0 Å². The van der Waals surface area contributed by atoms with Crippen LogP contribution >= 0.6 is 11.3 Å². The quantitative estimate of drug-likeness (QED) is 0.402. The highest BCUT2D eigenvalue weighted by Crippen LogP contribution is 2.50. The highest BCUT2D eigenvalue weighted by atomic mass is 32.1. The molecule has 1 spiro atoms. The second kappa shape index (κ2) is 11.7. The normalized spacial score (nSPS) is 24.3. The number of carboxylic acid groups (broad SMARTS) is 1. The van der Waals surface area contributed by atoms with Crippen molar-refractivity contribution < 1.29 is 32.6 Å². The van der Waals surface area contributed by atoms with E-state index in [0.29, 0.717) is 34.2 Å². The topological polar surface area (TPSA) is 107 Å². The van der Waals surface area contributed by atoms with E-state index in [0.717, 1.165) is 0 Å². The van der Waals surface area contributed by atoms with Gasteiger partial charge in [-0.2, -0.15) is 0 Å². The molecule has 0 bridgehead atoms. The number of aliphatic imine (C=N–C) groups is 1. The van der Waals surface area contributed by atoms with Gasteiger partial charge in [0.05, 0.1) is 29.6 Å². The fourth-order valence-corrected chi connectivity index (χ4v) is 6.88. The molecule has 4 heterocycles. The minimum atomic E-state index is -3.04. The fourth-order valence-electron chi connectivity index (χ4n) is 6.30. The molecule has 2 unspecified atom stereocenters. The maximum atomic E-state index is 15.8. The largest absolute Gasteiger partial charge is 0.481 e. The van der Waals surface area contributed by atoms with Gasteiger partial charge in [-0.25, -0.2) is 22.9 Å². The molecule has 0 aliphatic carbocycles. The van der Waals surface area contributed by atoms with Gasteiger partial charge >= 0.3 is 11.9 Å². The van der Waals surface area contributed by atoms with Crippen molar-refractivity contribution in [3.05, 3.63) is 63.0 Å². The Morgan fingerprint density at radius 3 is 2.65 bits per heavy atom. The number of esters is 1. The third kappa shape index (κ3) is 5.94. The summed E-state index contributed by atoms with van der Waals surface area (Å²) in [6, 6.07) is 3.62. The molecule has 3 aliphatic rings. The summed E-state index contributed by atoms with van der Waals surface area (Å²) in [4.78, 5) is 37.7. The van der Waals surface area contributed by atoms with Crippen molar-refractivity contribution in [1.82, 2.24) is 20.1 Å². The summed E-state index contributed by atoms with van der Waals surface area (Å²) in [5, 5.41) is 15.0. The number of aliphatic carboxylic acids is 1. The van der Waals surface area contributed by atoms with Crippen molar-refractivity contribution >= 4 is 29.1 Å². The molecule has 3 aliphatic heterocycles. The van der Waals surface area contributed by atoms with E-state index in [1.165, 1.54) is 17.4 Å². The Bertz CT molecular complexity index is 1460. The van der Waals surface area contributed by atoms with Gasteiger partial charge in [-0.3, -0.25) is 14.7 Å². The molecule has 5 rings (SSSR count). The number of aromatic nitrogens is 1. The van der Waals surface area contributed by atoms with E-state index in [1.807, 2.05) is 4.90 Å².